The molecule has 1 aliphatic rings. The standard InChI is InChI=1S/C13H15F3N4O2S/c1-23(21,22)20-4-2-19(3-5-20)12-7-9(13(14,15)16)6-11-10(12)8-17-18-11/h6-8H,2-5H2,1H3,(H,17,18). The number of benzene rings is 1. The van der Waals surface area contributed by atoms with Gasteiger partial charge in [-0.15, -0.1) is 0 Å². The minimum absolute atomic E-state index is 0.244. The zero-order valence-electron chi connectivity index (χ0n) is 12.3. The highest BCUT2D eigenvalue weighted by molar-refractivity contribution is 7.88. The first-order chi connectivity index (χ1) is 10.7. The van der Waals surface area contributed by atoms with E-state index in [4.69, 9.17) is 0 Å². The first-order valence-corrected chi connectivity index (χ1v) is 8.75. The lowest BCUT2D eigenvalue weighted by molar-refractivity contribution is -0.137. The van der Waals surface area contributed by atoms with Crippen molar-refractivity contribution >= 4 is 26.6 Å². The van der Waals surface area contributed by atoms with Crippen molar-refractivity contribution in [3.63, 3.8) is 0 Å². The molecule has 2 aromatic rings. The van der Waals surface area contributed by atoms with Crippen LogP contribution in [-0.4, -0.2) is 55.4 Å². The molecule has 6 nitrogen and oxygen atoms in total. The van der Waals surface area contributed by atoms with E-state index in [9.17, 15) is 21.6 Å². The molecule has 0 unspecified atom stereocenters. The van der Waals surface area contributed by atoms with Crippen molar-refractivity contribution < 1.29 is 21.6 Å². The zero-order chi connectivity index (χ0) is 16.8. The zero-order valence-corrected chi connectivity index (χ0v) is 13.1. The number of rotatable bonds is 2. The van der Waals surface area contributed by atoms with Crippen molar-refractivity contribution in [2.45, 2.75) is 6.18 Å². The van der Waals surface area contributed by atoms with Crippen molar-refractivity contribution in [2.24, 2.45) is 0 Å². The monoisotopic (exact) mass is 348 g/mol. The smallest absolute Gasteiger partial charge is 0.368 e. The van der Waals surface area contributed by atoms with Crippen molar-refractivity contribution in [2.75, 3.05) is 37.3 Å². The normalized spacial score (nSPS) is 17.8. The second kappa shape index (κ2) is 5.38. The predicted molar refractivity (Wildman–Crippen MR) is 79.7 cm³/mol. The van der Waals surface area contributed by atoms with Gasteiger partial charge in [0, 0.05) is 37.3 Å². The maximum absolute atomic E-state index is 13.0. The van der Waals surface area contributed by atoms with Crippen molar-refractivity contribution in [3.05, 3.63) is 23.9 Å². The highest BCUT2D eigenvalue weighted by Crippen LogP contribution is 2.36. The van der Waals surface area contributed by atoms with Crippen LogP contribution in [-0.2, 0) is 16.2 Å². The summed E-state index contributed by atoms with van der Waals surface area (Å²) in [6.07, 6.45) is -1.85. The number of anilines is 1. The number of fused-ring (bicyclic) bond motifs is 1. The van der Waals surface area contributed by atoms with E-state index < -0.39 is 21.8 Å². The lowest BCUT2D eigenvalue weighted by Gasteiger charge is -2.35. The van der Waals surface area contributed by atoms with Gasteiger partial charge in [0.2, 0.25) is 10.0 Å². The van der Waals surface area contributed by atoms with E-state index in [1.807, 2.05) is 0 Å². The van der Waals surface area contributed by atoms with Gasteiger partial charge in [-0.2, -0.15) is 22.6 Å². The van der Waals surface area contributed by atoms with Crippen LogP contribution in [0.1, 0.15) is 5.56 Å². The summed E-state index contributed by atoms with van der Waals surface area (Å²) in [5.74, 6) is 0. The highest BCUT2D eigenvalue weighted by atomic mass is 32.2. The third-order valence-corrected chi connectivity index (χ3v) is 5.22. The Hall–Kier alpha value is -1.81. The second-order valence-corrected chi connectivity index (χ2v) is 7.46. The number of aromatic amines is 1. The van der Waals surface area contributed by atoms with E-state index in [0.29, 0.717) is 29.7 Å². The fourth-order valence-corrected chi connectivity index (χ4v) is 3.55. The Morgan fingerprint density at radius 2 is 1.83 bits per heavy atom. The molecule has 3 rings (SSSR count). The quantitative estimate of drug-likeness (QED) is 0.896. The maximum atomic E-state index is 13.0. The van der Waals surface area contributed by atoms with Gasteiger partial charge in [-0.05, 0) is 12.1 Å². The van der Waals surface area contributed by atoms with E-state index in [1.54, 1.807) is 4.90 Å². The summed E-state index contributed by atoms with van der Waals surface area (Å²) in [6, 6.07) is 2.12. The van der Waals surface area contributed by atoms with E-state index in [0.717, 1.165) is 18.4 Å². The number of piperazine rings is 1. The molecule has 0 atom stereocenters. The summed E-state index contributed by atoms with van der Waals surface area (Å²) in [4.78, 5) is 1.76. The Bertz CT molecular complexity index is 823. The topological polar surface area (TPSA) is 69.3 Å². The van der Waals surface area contributed by atoms with Gasteiger partial charge in [0.1, 0.15) is 0 Å². The number of nitrogens with zero attached hydrogens (tertiary/aromatic N) is 3. The third kappa shape index (κ3) is 3.13. The third-order valence-electron chi connectivity index (χ3n) is 3.91. The molecule has 126 valence electrons. The average Bonchev–Trinajstić information content (AvgIpc) is 2.93. The van der Waals surface area contributed by atoms with Crippen LogP contribution in [0.3, 0.4) is 0 Å². The molecule has 0 aliphatic carbocycles. The first-order valence-electron chi connectivity index (χ1n) is 6.90. The molecule has 0 radical (unpaired) electrons. The van der Waals surface area contributed by atoms with Gasteiger partial charge in [0.15, 0.2) is 0 Å². The first kappa shape index (κ1) is 16.1. The molecular weight excluding hydrogens is 333 g/mol. The van der Waals surface area contributed by atoms with Crippen LogP contribution < -0.4 is 4.90 Å². The molecular formula is C13H15F3N4O2S. The Morgan fingerprint density at radius 3 is 2.39 bits per heavy atom. The van der Waals surface area contributed by atoms with Crippen molar-refractivity contribution in [3.8, 4) is 0 Å². The summed E-state index contributed by atoms with van der Waals surface area (Å²) in [7, 11) is -3.29. The summed E-state index contributed by atoms with van der Waals surface area (Å²) < 4.78 is 63.5. The highest BCUT2D eigenvalue weighted by Gasteiger charge is 2.33. The van der Waals surface area contributed by atoms with Gasteiger partial charge in [-0.3, -0.25) is 5.10 Å². The largest absolute Gasteiger partial charge is 0.416 e. The van der Waals surface area contributed by atoms with Crippen LogP contribution in [0.2, 0.25) is 0 Å². The molecule has 1 aromatic heterocycles. The molecule has 1 N–H and O–H groups in total. The minimum atomic E-state index is -4.46. The SMILES string of the molecule is CS(=O)(=O)N1CCN(c2cc(C(F)(F)F)cc3[nH]ncc23)CC1. The average molecular weight is 348 g/mol. The number of H-pyrrole nitrogens is 1. The minimum Gasteiger partial charge on any atom is -0.368 e. The summed E-state index contributed by atoms with van der Waals surface area (Å²) in [5, 5.41) is 6.96. The fraction of sp³-hybridized carbons (Fsp3) is 0.462. The number of sulfonamides is 1. The van der Waals surface area contributed by atoms with Crippen molar-refractivity contribution in [1.82, 2.24) is 14.5 Å². The van der Waals surface area contributed by atoms with Gasteiger partial charge < -0.3 is 4.90 Å². The van der Waals surface area contributed by atoms with Gasteiger partial charge in [-0.25, -0.2) is 8.42 Å². The van der Waals surface area contributed by atoms with Gasteiger partial charge in [-0.1, -0.05) is 0 Å². The van der Waals surface area contributed by atoms with E-state index in [2.05, 4.69) is 10.2 Å². The van der Waals surface area contributed by atoms with Crippen LogP contribution in [0.25, 0.3) is 10.9 Å². The number of halogens is 3. The molecule has 1 aromatic carbocycles. The summed E-state index contributed by atoms with van der Waals surface area (Å²) >= 11 is 0. The Kier molecular flexibility index (Phi) is 3.75. The van der Waals surface area contributed by atoms with E-state index >= 15 is 0 Å². The van der Waals surface area contributed by atoms with E-state index in [1.165, 1.54) is 10.5 Å². The van der Waals surface area contributed by atoms with Crippen molar-refractivity contribution in [1.29, 1.82) is 0 Å². The fourth-order valence-electron chi connectivity index (χ4n) is 2.72. The predicted octanol–water partition coefficient (Wildman–Crippen LogP) is 1.66. The number of hydrogen-bond donors (Lipinski definition) is 1. The molecule has 2 heterocycles. The van der Waals surface area contributed by atoms with Crippen LogP contribution in [0.4, 0.5) is 18.9 Å². The summed E-state index contributed by atoms with van der Waals surface area (Å²) in [5.41, 5.74) is -0.0353. The van der Waals surface area contributed by atoms with Gasteiger partial charge in [0.05, 0.1) is 23.5 Å². The Labute approximate surface area is 130 Å². The number of hydrogen-bond acceptors (Lipinski definition) is 4. The number of nitrogens with one attached hydrogen (secondary N) is 1. The van der Waals surface area contributed by atoms with Crippen LogP contribution in [0.15, 0.2) is 18.3 Å². The Morgan fingerprint density at radius 1 is 1.17 bits per heavy atom. The number of alkyl halides is 3. The molecule has 10 heteroatoms. The molecule has 0 bridgehead atoms. The van der Waals surface area contributed by atoms with Crippen LogP contribution in [0.5, 0.6) is 0 Å². The lowest BCUT2D eigenvalue weighted by atomic mass is 10.1. The summed E-state index contributed by atoms with van der Waals surface area (Å²) in [6.45, 7) is 1.15. The molecule has 1 aliphatic heterocycles. The molecule has 1 saturated heterocycles. The van der Waals surface area contributed by atoms with Gasteiger partial charge >= 0.3 is 6.18 Å². The van der Waals surface area contributed by atoms with Crippen LogP contribution in [0, 0.1) is 0 Å². The van der Waals surface area contributed by atoms with Gasteiger partial charge in [0.25, 0.3) is 0 Å². The second-order valence-electron chi connectivity index (χ2n) is 5.47. The molecule has 0 amide bonds. The van der Waals surface area contributed by atoms with E-state index in [-0.39, 0.29) is 13.1 Å². The lowest BCUT2D eigenvalue weighted by Crippen LogP contribution is -2.48. The maximum Gasteiger partial charge on any atom is 0.416 e. The van der Waals surface area contributed by atoms with Crippen LogP contribution >= 0.6 is 0 Å². The molecule has 23 heavy (non-hydrogen) atoms. The molecule has 0 spiro atoms. The number of aromatic nitrogens is 2. The molecule has 0 saturated carbocycles. The molecule has 1 fully saturated rings. The Balaban J connectivity index is 1.95.